The predicted octanol–water partition coefficient (Wildman–Crippen LogP) is 3.60. The summed E-state index contributed by atoms with van der Waals surface area (Å²) in [5.41, 5.74) is 5.24. The molecule has 0 atom stereocenters. The standard InChI is InChI=1S/C17H14FN3O2S/c1-11(12-6-8-13(18)9-7-12)20-21-16(22)10-24-17-19-14-4-2-3-5-15(14)23-17/h2-9H,10H2,1H3,(H,21,22)/b20-11+. The lowest BCUT2D eigenvalue weighted by atomic mass is 10.1. The fraction of sp³-hybridized carbons (Fsp3) is 0.118. The summed E-state index contributed by atoms with van der Waals surface area (Å²) in [6.45, 7) is 1.74. The fourth-order valence-corrected chi connectivity index (χ4v) is 2.60. The molecule has 0 radical (unpaired) electrons. The molecule has 1 N–H and O–H groups in total. The average Bonchev–Trinajstić information content (AvgIpc) is 3.01. The van der Waals surface area contributed by atoms with Gasteiger partial charge in [0, 0.05) is 0 Å². The fourth-order valence-electron chi connectivity index (χ4n) is 1.97. The number of carbonyl (C=O) groups is 1. The van der Waals surface area contributed by atoms with Crippen molar-refractivity contribution in [2.45, 2.75) is 12.1 Å². The van der Waals surface area contributed by atoms with Crippen LogP contribution in [-0.4, -0.2) is 22.4 Å². The van der Waals surface area contributed by atoms with Gasteiger partial charge in [-0.2, -0.15) is 5.10 Å². The quantitative estimate of drug-likeness (QED) is 0.437. The number of hydrogen-bond donors (Lipinski definition) is 1. The molecule has 0 aliphatic heterocycles. The van der Waals surface area contributed by atoms with Gasteiger partial charge < -0.3 is 4.42 Å². The monoisotopic (exact) mass is 343 g/mol. The van der Waals surface area contributed by atoms with E-state index >= 15 is 0 Å². The molecule has 0 aliphatic rings. The number of rotatable bonds is 5. The highest BCUT2D eigenvalue weighted by Gasteiger charge is 2.09. The normalized spacial score (nSPS) is 11.7. The van der Waals surface area contributed by atoms with Crippen LogP contribution in [0.3, 0.4) is 0 Å². The summed E-state index contributed by atoms with van der Waals surface area (Å²) in [5, 5.41) is 4.45. The van der Waals surface area contributed by atoms with E-state index in [-0.39, 0.29) is 17.5 Å². The molecule has 3 aromatic rings. The molecule has 0 bridgehead atoms. The van der Waals surface area contributed by atoms with Gasteiger partial charge in [0.25, 0.3) is 11.1 Å². The average molecular weight is 343 g/mol. The third-order valence-corrected chi connectivity index (χ3v) is 4.04. The zero-order valence-corrected chi connectivity index (χ0v) is 13.6. The van der Waals surface area contributed by atoms with E-state index in [0.29, 0.717) is 16.5 Å². The minimum Gasteiger partial charge on any atom is -0.431 e. The van der Waals surface area contributed by atoms with Crippen LogP contribution >= 0.6 is 11.8 Å². The summed E-state index contributed by atoms with van der Waals surface area (Å²) in [7, 11) is 0. The number of benzene rings is 2. The number of amides is 1. The smallest absolute Gasteiger partial charge is 0.257 e. The SMILES string of the molecule is C/C(=N\NC(=O)CSc1nc2ccccc2o1)c1ccc(F)cc1. The Morgan fingerprint density at radius 1 is 1.25 bits per heavy atom. The highest BCUT2D eigenvalue weighted by Crippen LogP contribution is 2.22. The van der Waals surface area contributed by atoms with Gasteiger partial charge in [0.05, 0.1) is 11.5 Å². The maximum absolute atomic E-state index is 12.9. The van der Waals surface area contributed by atoms with Crippen molar-refractivity contribution >= 4 is 34.5 Å². The van der Waals surface area contributed by atoms with Crippen molar-refractivity contribution < 1.29 is 13.6 Å². The number of para-hydroxylation sites is 2. The number of fused-ring (bicyclic) bond motifs is 1. The number of aromatic nitrogens is 1. The molecule has 1 aromatic heterocycles. The van der Waals surface area contributed by atoms with Gasteiger partial charge >= 0.3 is 0 Å². The lowest BCUT2D eigenvalue weighted by Crippen LogP contribution is -2.21. The third kappa shape index (κ3) is 3.99. The minimum absolute atomic E-state index is 0.132. The summed E-state index contributed by atoms with van der Waals surface area (Å²) >= 11 is 1.20. The molecule has 3 rings (SSSR count). The number of nitrogens with zero attached hydrogens (tertiary/aromatic N) is 2. The zero-order valence-electron chi connectivity index (χ0n) is 12.8. The molecule has 0 saturated heterocycles. The molecule has 1 amide bonds. The molecular formula is C17H14FN3O2S. The van der Waals surface area contributed by atoms with Gasteiger partial charge in [0.15, 0.2) is 5.58 Å². The number of hydrazone groups is 1. The summed E-state index contributed by atoms with van der Waals surface area (Å²) in [4.78, 5) is 16.1. The summed E-state index contributed by atoms with van der Waals surface area (Å²) < 4.78 is 18.4. The van der Waals surface area contributed by atoms with Crippen molar-refractivity contribution in [2.24, 2.45) is 5.10 Å². The summed E-state index contributed by atoms with van der Waals surface area (Å²) in [6.07, 6.45) is 0. The van der Waals surface area contributed by atoms with Gasteiger partial charge in [-0.3, -0.25) is 4.79 Å². The second-order valence-electron chi connectivity index (χ2n) is 4.98. The third-order valence-electron chi connectivity index (χ3n) is 3.21. The van der Waals surface area contributed by atoms with Gasteiger partial charge in [0.1, 0.15) is 11.3 Å². The van der Waals surface area contributed by atoms with Gasteiger partial charge in [-0.15, -0.1) is 0 Å². The van der Waals surface area contributed by atoms with E-state index < -0.39 is 0 Å². The molecule has 0 fully saturated rings. The van der Waals surface area contributed by atoms with Crippen LogP contribution in [-0.2, 0) is 4.79 Å². The largest absolute Gasteiger partial charge is 0.431 e. The van der Waals surface area contributed by atoms with Crippen LogP contribution in [0.5, 0.6) is 0 Å². The minimum atomic E-state index is -0.315. The molecule has 7 heteroatoms. The van der Waals surface area contributed by atoms with Gasteiger partial charge in [0.2, 0.25) is 0 Å². The number of hydrogen-bond acceptors (Lipinski definition) is 5. The van der Waals surface area contributed by atoms with Crippen LogP contribution in [0.25, 0.3) is 11.1 Å². The number of halogens is 1. The molecule has 0 spiro atoms. The van der Waals surface area contributed by atoms with Gasteiger partial charge in [-0.25, -0.2) is 14.8 Å². The predicted molar refractivity (Wildman–Crippen MR) is 91.5 cm³/mol. The van der Waals surface area contributed by atoms with E-state index in [2.05, 4.69) is 15.5 Å². The molecule has 2 aromatic carbocycles. The topological polar surface area (TPSA) is 67.5 Å². The second-order valence-corrected chi connectivity index (χ2v) is 5.90. The van der Waals surface area contributed by atoms with Crippen LogP contribution in [0.15, 0.2) is 63.3 Å². The zero-order chi connectivity index (χ0) is 16.9. The molecule has 1 heterocycles. The Balaban J connectivity index is 1.55. The van der Waals surface area contributed by atoms with E-state index in [1.165, 1.54) is 23.9 Å². The Bertz CT molecular complexity index is 857. The van der Waals surface area contributed by atoms with Gasteiger partial charge in [-0.05, 0) is 36.8 Å². The first-order valence-electron chi connectivity index (χ1n) is 7.19. The number of carbonyl (C=O) groups excluding carboxylic acids is 1. The Labute approximate surface area is 142 Å². The van der Waals surface area contributed by atoms with Crippen molar-refractivity contribution in [2.75, 3.05) is 5.75 Å². The molecule has 0 saturated carbocycles. The maximum Gasteiger partial charge on any atom is 0.257 e. The second kappa shape index (κ2) is 7.27. The first-order chi connectivity index (χ1) is 11.6. The lowest BCUT2D eigenvalue weighted by Gasteiger charge is -2.02. The molecule has 24 heavy (non-hydrogen) atoms. The number of oxazole rings is 1. The van der Waals surface area contributed by atoms with Crippen molar-refractivity contribution in [3.63, 3.8) is 0 Å². The summed E-state index contributed by atoms with van der Waals surface area (Å²) in [5.74, 6) is -0.457. The highest BCUT2D eigenvalue weighted by atomic mass is 32.2. The van der Waals surface area contributed by atoms with E-state index in [0.717, 1.165) is 11.1 Å². The van der Waals surface area contributed by atoms with E-state index in [4.69, 9.17) is 4.42 Å². The number of thioether (sulfide) groups is 1. The van der Waals surface area contributed by atoms with Crippen molar-refractivity contribution in [1.29, 1.82) is 0 Å². The van der Waals surface area contributed by atoms with Crippen LogP contribution in [0.1, 0.15) is 12.5 Å². The van der Waals surface area contributed by atoms with Crippen LogP contribution in [0, 0.1) is 5.82 Å². The van der Waals surface area contributed by atoms with Crippen molar-refractivity contribution in [3.05, 3.63) is 59.9 Å². The van der Waals surface area contributed by atoms with Gasteiger partial charge in [-0.1, -0.05) is 36.0 Å². The lowest BCUT2D eigenvalue weighted by molar-refractivity contribution is -0.118. The van der Waals surface area contributed by atoms with Crippen LogP contribution in [0.2, 0.25) is 0 Å². The molecule has 0 aliphatic carbocycles. The molecule has 122 valence electrons. The first kappa shape index (κ1) is 16.2. The Morgan fingerprint density at radius 3 is 2.75 bits per heavy atom. The molecular weight excluding hydrogens is 329 g/mol. The maximum atomic E-state index is 12.9. The Kier molecular flexibility index (Phi) is 4.90. The molecule has 5 nitrogen and oxygen atoms in total. The van der Waals surface area contributed by atoms with E-state index in [1.807, 2.05) is 24.3 Å². The highest BCUT2D eigenvalue weighted by molar-refractivity contribution is 7.99. The van der Waals surface area contributed by atoms with Crippen molar-refractivity contribution in [1.82, 2.24) is 10.4 Å². The first-order valence-corrected chi connectivity index (χ1v) is 8.18. The van der Waals surface area contributed by atoms with Crippen LogP contribution in [0.4, 0.5) is 4.39 Å². The van der Waals surface area contributed by atoms with Crippen LogP contribution < -0.4 is 5.43 Å². The summed E-state index contributed by atoms with van der Waals surface area (Å²) in [6, 6.07) is 13.3. The Hall–Kier alpha value is -2.67. The van der Waals surface area contributed by atoms with E-state index in [9.17, 15) is 9.18 Å². The van der Waals surface area contributed by atoms with E-state index in [1.54, 1.807) is 19.1 Å². The van der Waals surface area contributed by atoms with Crippen molar-refractivity contribution in [3.8, 4) is 0 Å². The number of nitrogens with one attached hydrogen (secondary N) is 1. The molecule has 0 unspecified atom stereocenters. The Morgan fingerprint density at radius 2 is 2.00 bits per heavy atom.